The van der Waals surface area contributed by atoms with Gasteiger partial charge in [-0.3, -0.25) is 0 Å². The fourth-order valence-corrected chi connectivity index (χ4v) is 5.18. The third-order valence-corrected chi connectivity index (χ3v) is 6.41. The molecule has 0 aromatic heterocycles. The number of hydrogen-bond donors (Lipinski definition) is 0. The van der Waals surface area contributed by atoms with E-state index in [2.05, 4.69) is 13.8 Å². The monoisotopic (exact) mass is 323 g/mol. The van der Waals surface area contributed by atoms with Crippen LogP contribution in [0.15, 0.2) is 0 Å². The molecule has 1 spiro atoms. The Bertz CT molecular complexity index is 522. The van der Waals surface area contributed by atoms with E-state index >= 15 is 0 Å². The van der Waals surface area contributed by atoms with Gasteiger partial charge in [0.15, 0.2) is 18.2 Å². The van der Waals surface area contributed by atoms with Crippen LogP contribution in [0.5, 0.6) is 0 Å². The zero-order chi connectivity index (χ0) is 16.2. The first kappa shape index (κ1) is 15.8. The highest BCUT2D eigenvalue weighted by Crippen LogP contribution is 2.60. The molecule has 2 unspecified atom stereocenters. The molecule has 6 nitrogen and oxygen atoms in total. The van der Waals surface area contributed by atoms with Gasteiger partial charge in [-0.15, -0.1) is 0 Å². The summed E-state index contributed by atoms with van der Waals surface area (Å²) in [5.74, 6) is 0.513. The molecule has 0 radical (unpaired) electrons. The molecule has 4 aliphatic heterocycles. The van der Waals surface area contributed by atoms with Gasteiger partial charge < -0.3 is 14.2 Å². The zero-order valence-electron chi connectivity index (χ0n) is 14.0. The normalized spacial score (nSPS) is 54.9. The molecule has 4 heterocycles. The summed E-state index contributed by atoms with van der Waals surface area (Å²) in [6, 6.07) is 2.02. The summed E-state index contributed by atoms with van der Waals surface area (Å²) in [5.41, 5.74) is -0.556. The van der Waals surface area contributed by atoms with E-state index in [0.29, 0.717) is 11.8 Å². The summed E-state index contributed by atoms with van der Waals surface area (Å²) in [7, 11) is 0. The van der Waals surface area contributed by atoms with Crippen molar-refractivity contribution in [2.45, 2.75) is 70.4 Å². The number of rotatable bonds is 2. The molecule has 0 aromatic rings. The van der Waals surface area contributed by atoms with Crippen LogP contribution in [0.2, 0.25) is 0 Å². The first-order chi connectivity index (χ1) is 11.0. The topological polar surface area (TPSA) is 69.9 Å². The minimum atomic E-state index is -0.766. The second kappa shape index (κ2) is 5.40. The van der Waals surface area contributed by atoms with Crippen LogP contribution in [-0.2, 0) is 24.0 Å². The number of nitrogens with zero attached hydrogens (tertiary/aromatic N) is 1. The second-order valence-electron chi connectivity index (χ2n) is 7.74. The van der Waals surface area contributed by atoms with Crippen LogP contribution in [0, 0.1) is 35.0 Å². The Morgan fingerprint density at radius 1 is 1.17 bits per heavy atom. The molecular formula is C17H25NO5. The van der Waals surface area contributed by atoms with Crippen molar-refractivity contribution in [1.29, 1.82) is 5.26 Å². The molecule has 1 saturated carbocycles. The lowest BCUT2D eigenvalue weighted by Crippen LogP contribution is -2.70. The summed E-state index contributed by atoms with van der Waals surface area (Å²) in [4.78, 5) is 11.8. The maximum Gasteiger partial charge on any atom is 0.201 e. The molecule has 6 heteroatoms. The van der Waals surface area contributed by atoms with Crippen LogP contribution < -0.4 is 0 Å². The van der Waals surface area contributed by atoms with Crippen LogP contribution in [0.1, 0.15) is 46.5 Å². The highest BCUT2D eigenvalue weighted by atomic mass is 17.3. The molecule has 128 valence electrons. The predicted octanol–water partition coefficient (Wildman–Crippen LogP) is 2.73. The van der Waals surface area contributed by atoms with Crippen molar-refractivity contribution < 1.29 is 24.0 Å². The van der Waals surface area contributed by atoms with E-state index in [1.165, 1.54) is 6.42 Å². The molecular weight excluding hydrogens is 298 g/mol. The van der Waals surface area contributed by atoms with E-state index in [1.807, 2.05) is 13.0 Å². The number of fused-ring (bicyclic) bond motifs is 2. The highest BCUT2D eigenvalue weighted by Gasteiger charge is 2.69. The molecule has 5 fully saturated rings. The zero-order valence-corrected chi connectivity index (χ0v) is 14.0. The summed E-state index contributed by atoms with van der Waals surface area (Å²) in [6.07, 6.45) is 3.09. The maximum atomic E-state index is 8.81. The highest BCUT2D eigenvalue weighted by molar-refractivity contribution is 5.09. The van der Waals surface area contributed by atoms with Crippen molar-refractivity contribution in [3.63, 3.8) is 0 Å². The van der Waals surface area contributed by atoms with Crippen LogP contribution in [0.4, 0.5) is 0 Å². The average molecular weight is 323 g/mol. The van der Waals surface area contributed by atoms with Gasteiger partial charge >= 0.3 is 0 Å². The molecule has 4 saturated heterocycles. The number of ether oxygens (including phenoxy) is 3. The molecule has 8 atom stereocenters. The Morgan fingerprint density at radius 3 is 2.78 bits per heavy atom. The summed E-state index contributed by atoms with van der Waals surface area (Å²) in [5, 5.41) is 8.81. The average Bonchev–Trinajstić information content (AvgIpc) is 2.76. The first-order valence-electron chi connectivity index (χ1n) is 8.69. The number of nitriles is 1. The van der Waals surface area contributed by atoms with Gasteiger partial charge in [0.2, 0.25) is 5.79 Å². The van der Waals surface area contributed by atoms with E-state index in [-0.39, 0.29) is 18.4 Å². The lowest BCUT2D eigenvalue weighted by Gasteiger charge is -2.60. The minimum absolute atomic E-state index is 0.0237. The maximum absolute atomic E-state index is 8.81. The largest absolute Gasteiger partial charge is 0.337 e. The fraction of sp³-hybridized carbons (Fsp3) is 0.941. The Balaban J connectivity index is 1.72. The molecule has 0 aromatic carbocycles. The lowest BCUT2D eigenvalue weighted by atomic mass is 9.58. The van der Waals surface area contributed by atoms with Gasteiger partial charge in [0.05, 0.1) is 6.07 Å². The molecule has 1 aliphatic carbocycles. The fourth-order valence-electron chi connectivity index (χ4n) is 5.18. The Kier molecular flexibility index (Phi) is 3.71. The van der Waals surface area contributed by atoms with Crippen LogP contribution >= 0.6 is 0 Å². The smallest absolute Gasteiger partial charge is 0.201 e. The minimum Gasteiger partial charge on any atom is -0.337 e. The molecule has 0 amide bonds. The van der Waals surface area contributed by atoms with Gasteiger partial charge in [-0.2, -0.15) is 5.26 Å². The van der Waals surface area contributed by atoms with E-state index in [4.69, 9.17) is 29.2 Å². The molecule has 5 aliphatic rings. The summed E-state index contributed by atoms with van der Waals surface area (Å²) >= 11 is 0. The summed E-state index contributed by atoms with van der Waals surface area (Å²) in [6.45, 7) is 6.34. The Hall–Kier alpha value is -0.710. The molecule has 5 rings (SSSR count). The number of hydrogen-bond acceptors (Lipinski definition) is 6. The molecule has 0 N–H and O–H groups in total. The lowest BCUT2D eigenvalue weighted by molar-refractivity contribution is -0.577. The van der Waals surface area contributed by atoms with E-state index in [0.717, 1.165) is 19.3 Å². The molecule has 23 heavy (non-hydrogen) atoms. The molecule has 2 bridgehead atoms. The Morgan fingerprint density at radius 2 is 2.00 bits per heavy atom. The van der Waals surface area contributed by atoms with Gasteiger partial charge in [-0.25, -0.2) is 9.78 Å². The van der Waals surface area contributed by atoms with Crippen LogP contribution in [0.3, 0.4) is 0 Å². The van der Waals surface area contributed by atoms with Crippen molar-refractivity contribution in [3.8, 4) is 6.07 Å². The van der Waals surface area contributed by atoms with Crippen LogP contribution in [0.25, 0.3) is 0 Å². The quantitative estimate of drug-likeness (QED) is 0.728. The SMILES string of the molecule is C[C@@H]1CCC2[C@@H](C)[C@@H](OCC#N)O[C@@H]3O[C@]4(C)CCC1[C@@]23OO4. The van der Waals surface area contributed by atoms with Crippen molar-refractivity contribution in [3.05, 3.63) is 0 Å². The van der Waals surface area contributed by atoms with Gasteiger partial charge in [0.25, 0.3) is 0 Å². The van der Waals surface area contributed by atoms with Gasteiger partial charge in [-0.1, -0.05) is 13.8 Å². The van der Waals surface area contributed by atoms with Crippen molar-refractivity contribution >= 4 is 0 Å². The van der Waals surface area contributed by atoms with Crippen molar-refractivity contribution in [1.82, 2.24) is 0 Å². The van der Waals surface area contributed by atoms with Crippen molar-refractivity contribution in [2.75, 3.05) is 6.61 Å². The van der Waals surface area contributed by atoms with Crippen LogP contribution in [-0.4, -0.2) is 30.6 Å². The van der Waals surface area contributed by atoms with E-state index in [1.54, 1.807) is 0 Å². The van der Waals surface area contributed by atoms with E-state index in [9.17, 15) is 0 Å². The van der Waals surface area contributed by atoms with Crippen molar-refractivity contribution in [2.24, 2.45) is 23.7 Å². The predicted molar refractivity (Wildman–Crippen MR) is 78.4 cm³/mol. The van der Waals surface area contributed by atoms with Gasteiger partial charge in [0.1, 0.15) is 6.61 Å². The van der Waals surface area contributed by atoms with Gasteiger partial charge in [-0.05, 0) is 38.0 Å². The van der Waals surface area contributed by atoms with E-state index < -0.39 is 24.0 Å². The first-order valence-corrected chi connectivity index (χ1v) is 8.69. The third kappa shape index (κ3) is 2.18. The Labute approximate surface area is 136 Å². The second-order valence-corrected chi connectivity index (χ2v) is 7.74. The standard InChI is InChI=1S/C17H25NO5/c1-10-4-5-13-11(2)14(19-9-8-18)20-15-17(13)12(10)6-7-16(3,21-15)22-23-17/h10-15H,4-7,9H2,1-3H3/t10-,11-,12?,13?,14+,15-,16+,17-/m1/s1. The van der Waals surface area contributed by atoms with Gasteiger partial charge in [0, 0.05) is 18.3 Å². The summed E-state index contributed by atoms with van der Waals surface area (Å²) < 4.78 is 18.0. The third-order valence-electron chi connectivity index (χ3n) is 6.41.